The molecule has 0 unspecified atom stereocenters. The van der Waals surface area contributed by atoms with Crippen molar-refractivity contribution >= 4 is 0 Å². The van der Waals surface area contributed by atoms with Gasteiger partial charge in [-0.2, -0.15) is 5.10 Å². The van der Waals surface area contributed by atoms with Gasteiger partial charge in [-0.25, -0.2) is 0 Å². The number of benzene rings is 1. The molecule has 4 heteroatoms. The van der Waals surface area contributed by atoms with Crippen molar-refractivity contribution in [3.8, 4) is 5.75 Å². The third-order valence-electron chi connectivity index (χ3n) is 4.36. The van der Waals surface area contributed by atoms with E-state index in [1.807, 2.05) is 23.9 Å². The highest BCUT2D eigenvalue weighted by Crippen LogP contribution is 2.30. The van der Waals surface area contributed by atoms with Crippen LogP contribution >= 0.6 is 0 Å². The molecule has 0 radical (unpaired) electrons. The minimum absolute atomic E-state index is 0.0204. The standard InChI is InChI=1S/C17H22N2O2/c1-19-15(10-14(11-20)18-19)7-6-12-8-13-4-2-3-5-16(13)17(21)9-12/h8-10,20-21H,2-7,11H2,1H3. The summed E-state index contributed by atoms with van der Waals surface area (Å²) in [5, 5.41) is 23.5. The molecule has 0 saturated carbocycles. The Morgan fingerprint density at radius 3 is 2.71 bits per heavy atom. The summed E-state index contributed by atoms with van der Waals surface area (Å²) in [6, 6.07) is 6.10. The number of aliphatic hydroxyl groups is 1. The highest BCUT2D eigenvalue weighted by molar-refractivity contribution is 5.44. The van der Waals surface area contributed by atoms with Gasteiger partial charge in [0.2, 0.25) is 0 Å². The van der Waals surface area contributed by atoms with Crippen molar-refractivity contribution in [3.05, 3.63) is 46.3 Å². The predicted octanol–water partition coefficient (Wildman–Crippen LogP) is 2.28. The van der Waals surface area contributed by atoms with Gasteiger partial charge in [0.05, 0.1) is 12.3 Å². The minimum atomic E-state index is -0.0204. The lowest BCUT2D eigenvalue weighted by molar-refractivity contribution is 0.275. The highest BCUT2D eigenvalue weighted by Gasteiger charge is 2.14. The van der Waals surface area contributed by atoms with Gasteiger partial charge in [0.15, 0.2) is 0 Å². The van der Waals surface area contributed by atoms with Crippen LogP contribution in [-0.4, -0.2) is 20.0 Å². The number of rotatable bonds is 4. The summed E-state index contributed by atoms with van der Waals surface area (Å²) in [4.78, 5) is 0. The van der Waals surface area contributed by atoms with Crippen molar-refractivity contribution < 1.29 is 10.2 Å². The van der Waals surface area contributed by atoms with Gasteiger partial charge in [-0.05, 0) is 67.3 Å². The molecule has 2 aromatic rings. The zero-order chi connectivity index (χ0) is 14.8. The number of aliphatic hydroxyl groups excluding tert-OH is 1. The fourth-order valence-corrected chi connectivity index (χ4v) is 3.21. The number of aromatic nitrogens is 2. The summed E-state index contributed by atoms with van der Waals surface area (Å²) < 4.78 is 1.82. The molecule has 21 heavy (non-hydrogen) atoms. The first kappa shape index (κ1) is 14.1. The van der Waals surface area contributed by atoms with Gasteiger partial charge < -0.3 is 10.2 Å². The van der Waals surface area contributed by atoms with Gasteiger partial charge in [0, 0.05) is 12.7 Å². The SMILES string of the molecule is Cn1nc(CO)cc1CCc1cc(O)c2c(c1)CCCC2. The van der Waals surface area contributed by atoms with Crippen LogP contribution in [0.5, 0.6) is 5.75 Å². The monoisotopic (exact) mass is 286 g/mol. The maximum absolute atomic E-state index is 10.2. The molecule has 0 spiro atoms. The number of aromatic hydroxyl groups is 1. The Hall–Kier alpha value is -1.81. The Morgan fingerprint density at radius 1 is 1.14 bits per heavy atom. The average molecular weight is 286 g/mol. The second-order valence-corrected chi connectivity index (χ2v) is 5.87. The van der Waals surface area contributed by atoms with E-state index in [1.165, 1.54) is 24.0 Å². The maximum Gasteiger partial charge on any atom is 0.119 e. The molecule has 0 fully saturated rings. The fraction of sp³-hybridized carbons (Fsp3) is 0.471. The van der Waals surface area contributed by atoms with Gasteiger partial charge in [-0.3, -0.25) is 4.68 Å². The molecule has 0 atom stereocenters. The Morgan fingerprint density at radius 2 is 1.95 bits per heavy atom. The molecule has 1 aromatic heterocycles. The molecule has 0 amide bonds. The topological polar surface area (TPSA) is 58.3 Å². The van der Waals surface area contributed by atoms with Crippen LogP contribution < -0.4 is 0 Å². The van der Waals surface area contributed by atoms with E-state index in [2.05, 4.69) is 11.2 Å². The number of fused-ring (bicyclic) bond motifs is 1. The van der Waals surface area contributed by atoms with Crippen LogP contribution in [0, 0.1) is 0 Å². The lowest BCUT2D eigenvalue weighted by atomic mass is 9.89. The first-order chi connectivity index (χ1) is 10.2. The predicted molar refractivity (Wildman–Crippen MR) is 81.3 cm³/mol. The number of nitrogens with zero attached hydrogens (tertiary/aromatic N) is 2. The molecule has 0 aliphatic heterocycles. The van der Waals surface area contributed by atoms with E-state index in [1.54, 1.807) is 0 Å². The Bertz CT molecular complexity index is 646. The smallest absolute Gasteiger partial charge is 0.119 e. The van der Waals surface area contributed by atoms with Gasteiger partial charge in [0.1, 0.15) is 5.75 Å². The second kappa shape index (κ2) is 5.90. The minimum Gasteiger partial charge on any atom is -0.508 e. The summed E-state index contributed by atoms with van der Waals surface area (Å²) in [7, 11) is 1.90. The second-order valence-electron chi connectivity index (χ2n) is 5.87. The van der Waals surface area contributed by atoms with Crippen LogP contribution in [0.15, 0.2) is 18.2 Å². The van der Waals surface area contributed by atoms with Crippen molar-refractivity contribution in [2.75, 3.05) is 0 Å². The number of phenolic OH excluding ortho intramolecular Hbond substituents is 1. The van der Waals surface area contributed by atoms with Crippen LogP contribution in [0.25, 0.3) is 0 Å². The zero-order valence-corrected chi connectivity index (χ0v) is 12.5. The van der Waals surface area contributed by atoms with E-state index < -0.39 is 0 Å². The zero-order valence-electron chi connectivity index (χ0n) is 12.5. The Balaban J connectivity index is 1.76. The summed E-state index contributed by atoms with van der Waals surface area (Å²) >= 11 is 0. The van der Waals surface area contributed by atoms with Crippen LogP contribution in [0.4, 0.5) is 0 Å². The number of phenols is 1. The van der Waals surface area contributed by atoms with Gasteiger partial charge in [-0.15, -0.1) is 0 Å². The van der Waals surface area contributed by atoms with Gasteiger partial charge in [-0.1, -0.05) is 6.07 Å². The summed E-state index contributed by atoms with van der Waals surface area (Å²) in [5.74, 6) is 0.461. The van der Waals surface area contributed by atoms with E-state index in [4.69, 9.17) is 5.11 Å². The van der Waals surface area contributed by atoms with Crippen molar-refractivity contribution in [1.29, 1.82) is 0 Å². The molecular formula is C17H22N2O2. The largest absolute Gasteiger partial charge is 0.508 e. The average Bonchev–Trinajstić information content (AvgIpc) is 2.86. The van der Waals surface area contributed by atoms with Gasteiger partial charge in [0.25, 0.3) is 0 Å². The number of aryl methyl sites for hydroxylation is 4. The molecule has 112 valence electrons. The quantitative estimate of drug-likeness (QED) is 0.906. The first-order valence-electron chi connectivity index (χ1n) is 7.63. The molecule has 4 nitrogen and oxygen atoms in total. The van der Waals surface area contributed by atoms with Crippen LogP contribution in [0.1, 0.15) is 40.9 Å². The molecule has 1 aliphatic rings. The summed E-state index contributed by atoms with van der Waals surface area (Å²) in [6.45, 7) is -0.0204. The molecule has 1 heterocycles. The summed E-state index contributed by atoms with van der Waals surface area (Å²) in [5.41, 5.74) is 5.46. The molecule has 0 bridgehead atoms. The van der Waals surface area contributed by atoms with E-state index >= 15 is 0 Å². The first-order valence-corrected chi connectivity index (χ1v) is 7.63. The molecule has 3 rings (SSSR count). The van der Waals surface area contributed by atoms with Crippen molar-refractivity contribution in [2.24, 2.45) is 7.05 Å². The third kappa shape index (κ3) is 2.95. The highest BCUT2D eigenvalue weighted by atomic mass is 16.3. The molecular weight excluding hydrogens is 264 g/mol. The molecule has 0 saturated heterocycles. The van der Waals surface area contributed by atoms with E-state index in [0.29, 0.717) is 11.4 Å². The fourth-order valence-electron chi connectivity index (χ4n) is 3.21. The van der Waals surface area contributed by atoms with Crippen LogP contribution in [-0.2, 0) is 39.3 Å². The van der Waals surface area contributed by atoms with E-state index in [0.717, 1.165) is 36.9 Å². The molecule has 1 aliphatic carbocycles. The van der Waals surface area contributed by atoms with Crippen molar-refractivity contribution in [2.45, 2.75) is 45.1 Å². The normalized spacial score (nSPS) is 14.2. The third-order valence-corrected chi connectivity index (χ3v) is 4.36. The van der Waals surface area contributed by atoms with Crippen molar-refractivity contribution in [3.63, 3.8) is 0 Å². The molecule has 2 N–H and O–H groups in total. The van der Waals surface area contributed by atoms with E-state index in [-0.39, 0.29) is 6.61 Å². The Labute approximate surface area is 125 Å². The van der Waals surface area contributed by atoms with Crippen LogP contribution in [0.2, 0.25) is 0 Å². The Kier molecular flexibility index (Phi) is 3.97. The lowest BCUT2D eigenvalue weighted by Crippen LogP contribution is -2.05. The summed E-state index contributed by atoms with van der Waals surface area (Å²) in [6.07, 6.45) is 6.23. The molecule has 1 aromatic carbocycles. The lowest BCUT2D eigenvalue weighted by Gasteiger charge is -2.18. The van der Waals surface area contributed by atoms with Crippen LogP contribution in [0.3, 0.4) is 0 Å². The van der Waals surface area contributed by atoms with Crippen molar-refractivity contribution in [1.82, 2.24) is 9.78 Å². The van der Waals surface area contributed by atoms with E-state index in [9.17, 15) is 5.11 Å². The number of hydrogen-bond donors (Lipinski definition) is 2. The van der Waals surface area contributed by atoms with Gasteiger partial charge >= 0.3 is 0 Å². The maximum atomic E-state index is 10.2. The number of hydrogen-bond acceptors (Lipinski definition) is 3.